The molecule has 0 aliphatic carbocycles. The van der Waals surface area contributed by atoms with Crippen LogP contribution in [0.25, 0.3) is 0 Å². The van der Waals surface area contributed by atoms with Gasteiger partial charge in [0.1, 0.15) is 0 Å². The number of nitrogens with one attached hydrogen (secondary N) is 1. The summed E-state index contributed by atoms with van der Waals surface area (Å²) in [7, 11) is 2.24. The van der Waals surface area contributed by atoms with E-state index in [0.29, 0.717) is 6.04 Å². The van der Waals surface area contributed by atoms with Crippen LogP contribution < -0.4 is 5.32 Å². The fourth-order valence-corrected chi connectivity index (χ4v) is 3.68. The van der Waals surface area contributed by atoms with Gasteiger partial charge in [0.15, 0.2) is 0 Å². The molecule has 1 saturated heterocycles. The third-order valence-electron chi connectivity index (χ3n) is 4.00. The molecular weight excluding hydrogens is 242 g/mol. The summed E-state index contributed by atoms with van der Waals surface area (Å²) in [5.74, 6) is 0.846. The second kappa shape index (κ2) is 6.13. The van der Waals surface area contributed by atoms with Crippen molar-refractivity contribution in [3.8, 4) is 0 Å². The fraction of sp³-hybridized carbons (Fsp3) is 0.786. The zero-order valence-electron chi connectivity index (χ0n) is 12.0. The predicted octanol–water partition coefficient (Wildman–Crippen LogP) is 2.75. The summed E-state index contributed by atoms with van der Waals surface area (Å²) in [6.07, 6.45) is 2.62. The molecule has 1 N–H and O–H groups in total. The van der Waals surface area contributed by atoms with Crippen LogP contribution in [-0.4, -0.2) is 36.6 Å². The first kappa shape index (κ1) is 14.0. The lowest BCUT2D eigenvalue weighted by molar-refractivity contribution is 0.194. The van der Waals surface area contributed by atoms with Crippen molar-refractivity contribution in [1.29, 1.82) is 0 Å². The summed E-state index contributed by atoms with van der Waals surface area (Å²) in [5, 5.41) is 4.62. The molecule has 4 heteroatoms. The maximum Gasteiger partial charge on any atom is 0.0900 e. The molecule has 1 fully saturated rings. The van der Waals surface area contributed by atoms with Crippen LogP contribution in [0.4, 0.5) is 0 Å². The Kier molecular flexibility index (Phi) is 4.76. The van der Waals surface area contributed by atoms with Gasteiger partial charge in [0.05, 0.1) is 16.7 Å². The first-order chi connectivity index (χ1) is 8.58. The molecule has 0 radical (unpaired) electrons. The number of hydrogen-bond acceptors (Lipinski definition) is 4. The van der Waals surface area contributed by atoms with Crippen molar-refractivity contribution in [2.24, 2.45) is 5.92 Å². The van der Waals surface area contributed by atoms with Crippen molar-refractivity contribution < 1.29 is 0 Å². The Morgan fingerprint density at radius 3 is 2.61 bits per heavy atom. The van der Waals surface area contributed by atoms with E-state index in [-0.39, 0.29) is 0 Å². The molecule has 0 bridgehead atoms. The monoisotopic (exact) mass is 267 g/mol. The lowest BCUT2D eigenvalue weighted by Gasteiger charge is -2.31. The maximum absolute atomic E-state index is 4.69. The van der Waals surface area contributed by atoms with Crippen LogP contribution in [-0.2, 0) is 0 Å². The van der Waals surface area contributed by atoms with E-state index in [4.69, 9.17) is 0 Å². The molecule has 1 aromatic rings. The summed E-state index contributed by atoms with van der Waals surface area (Å²) >= 11 is 1.81. The van der Waals surface area contributed by atoms with Crippen molar-refractivity contribution in [2.45, 2.75) is 39.7 Å². The second-order valence-corrected chi connectivity index (χ2v) is 6.89. The summed E-state index contributed by atoms with van der Waals surface area (Å²) in [4.78, 5) is 8.53. The van der Waals surface area contributed by atoms with E-state index >= 15 is 0 Å². The summed E-state index contributed by atoms with van der Waals surface area (Å²) in [6.45, 7) is 10.1. The van der Waals surface area contributed by atoms with Crippen molar-refractivity contribution in [1.82, 2.24) is 15.2 Å². The molecule has 1 aromatic heterocycles. The highest BCUT2D eigenvalue weighted by Gasteiger charge is 2.21. The Balaban J connectivity index is 1.95. The van der Waals surface area contributed by atoms with Gasteiger partial charge in [-0.15, -0.1) is 11.3 Å². The van der Waals surface area contributed by atoms with Crippen LogP contribution in [0.5, 0.6) is 0 Å². The van der Waals surface area contributed by atoms with Crippen LogP contribution in [0, 0.1) is 19.8 Å². The number of aryl methyl sites for hydroxylation is 2. The Hall–Kier alpha value is -0.450. The Bertz CT molecular complexity index is 382. The number of piperidine rings is 1. The molecule has 0 saturated carbocycles. The molecule has 102 valence electrons. The van der Waals surface area contributed by atoms with Gasteiger partial charge in [-0.3, -0.25) is 4.90 Å². The number of aromatic nitrogens is 1. The highest BCUT2D eigenvalue weighted by molar-refractivity contribution is 7.11. The van der Waals surface area contributed by atoms with Crippen LogP contribution in [0.2, 0.25) is 0 Å². The Labute approximate surface area is 115 Å². The van der Waals surface area contributed by atoms with Crippen LogP contribution in [0.1, 0.15) is 41.4 Å². The minimum atomic E-state index is 0.435. The van der Waals surface area contributed by atoms with Crippen LogP contribution in [0.3, 0.4) is 0 Å². The SMILES string of the molecule is Cc1nc(C(C)N(C)CC2CCNCC2)c(C)s1. The number of thiazole rings is 1. The summed E-state index contributed by atoms with van der Waals surface area (Å²) in [6, 6.07) is 0.435. The summed E-state index contributed by atoms with van der Waals surface area (Å²) in [5.41, 5.74) is 1.27. The molecule has 3 nitrogen and oxygen atoms in total. The van der Waals surface area contributed by atoms with E-state index in [1.165, 1.54) is 48.1 Å². The maximum atomic E-state index is 4.69. The molecule has 0 aromatic carbocycles. The molecule has 0 amide bonds. The first-order valence-electron chi connectivity index (χ1n) is 6.92. The molecule has 2 heterocycles. The number of hydrogen-bond donors (Lipinski definition) is 1. The van der Waals surface area contributed by atoms with Gasteiger partial charge in [-0.05, 0) is 59.7 Å². The zero-order chi connectivity index (χ0) is 13.1. The minimum Gasteiger partial charge on any atom is -0.317 e. The van der Waals surface area contributed by atoms with E-state index in [2.05, 4.69) is 43.0 Å². The largest absolute Gasteiger partial charge is 0.317 e. The van der Waals surface area contributed by atoms with Gasteiger partial charge in [-0.2, -0.15) is 0 Å². The van der Waals surface area contributed by atoms with E-state index in [1.807, 2.05) is 11.3 Å². The third-order valence-corrected chi connectivity index (χ3v) is 4.90. The molecule has 1 aliphatic rings. The van der Waals surface area contributed by atoms with Crippen molar-refractivity contribution in [2.75, 3.05) is 26.7 Å². The highest BCUT2D eigenvalue weighted by atomic mass is 32.1. The van der Waals surface area contributed by atoms with Gasteiger partial charge >= 0.3 is 0 Å². The zero-order valence-corrected chi connectivity index (χ0v) is 12.8. The standard InChI is InChI=1S/C14H25N3S/c1-10(14-11(2)18-12(3)16-14)17(4)9-13-5-7-15-8-6-13/h10,13,15H,5-9H2,1-4H3. The van der Waals surface area contributed by atoms with Crippen molar-refractivity contribution in [3.63, 3.8) is 0 Å². The van der Waals surface area contributed by atoms with E-state index in [9.17, 15) is 0 Å². The fourth-order valence-electron chi connectivity index (χ4n) is 2.77. The molecule has 1 unspecified atom stereocenters. The molecular formula is C14H25N3S. The molecule has 1 aliphatic heterocycles. The lowest BCUT2D eigenvalue weighted by Crippen LogP contribution is -2.35. The smallest absolute Gasteiger partial charge is 0.0900 e. The summed E-state index contributed by atoms with van der Waals surface area (Å²) < 4.78 is 0. The molecule has 1 atom stereocenters. The minimum absolute atomic E-state index is 0.435. The van der Waals surface area contributed by atoms with Gasteiger partial charge in [0.25, 0.3) is 0 Å². The lowest BCUT2D eigenvalue weighted by atomic mass is 9.97. The quantitative estimate of drug-likeness (QED) is 0.909. The highest BCUT2D eigenvalue weighted by Crippen LogP contribution is 2.27. The Morgan fingerprint density at radius 2 is 2.06 bits per heavy atom. The average molecular weight is 267 g/mol. The molecule has 0 spiro atoms. The molecule has 18 heavy (non-hydrogen) atoms. The van der Waals surface area contributed by atoms with Gasteiger partial charge in [-0.25, -0.2) is 4.98 Å². The van der Waals surface area contributed by atoms with E-state index < -0.39 is 0 Å². The predicted molar refractivity (Wildman–Crippen MR) is 78.2 cm³/mol. The third kappa shape index (κ3) is 3.31. The van der Waals surface area contributed by atoms with Crippen LogP contribution in [0.15, 0.2) is 0 Å². The van der Waals surface area contributed by atoms with E-state index in [0.717, 1.165) is 5.92 Å². The topological polar surface area (TPSA) is 28.2 Å². The number of rotatable bonds is 4. The van der Waals surface area contributed by atoms with Crippen molar-refractivity contribution in [3.05, 3.63) is 15.6 Å². The van der Waals surface area contributed by atoms with Gasteiger partial charge in [0, 0.05) is 11.4 Å². The Morgan fingerprint density at radius 1 is 1.39 bits per heavy atom. The molecule has 2 rings (SSSR count). The normalized spacial score (nSPS) is 19.4. The van der Waals surface area contributed by atoms with Gasteiger partial charge in [-0.1, -0.05) is 0 Å². The average Bonchev–Trinajstić information content (AvgIpc) is 2.68. The first-order valence-corrected chi connectivity index (χ1v) is 7.74. The van der Waals surface area contributed by atoms with E-state index in [1.54, 1.807) is 0 Å². The number of nitrogens with zero attached hydrogens (tertiary/aromatic N) is 2. The van der Waals surface area contributed by atoms with Gasteiger partial charge in [0.2, 0.25) is 0 Å². The van der Waals surface area contributed by atoms with Crippen molar-refractivity contribution >= 4 is 11.3 Å². The second-order valence-electron chi connectivity index (χ2n) is 5.48. The van der Waals surface area contributed by atoms with Crippen LogP contribution >= 0.6 is 11.3 Å². The van der Waals surface area contributed by atoms with Gasteiger partial charge < -0.3 is 5.32 Å².